The van der Waals surface area contributed by atoms with Crippen LogP contribution in [-0.4, -0.2) is 17.3 Å². The third kappa shape index (κ3) is 2.11. The summed E-state index contributed by atoms with van der Waals surface area (Å²) in [6.07, 6.45) is -3.29. The molecule has 2 rings (SSSR count). The molecule has 1 aromatic carbocycles. The number of alkyl halides is 3. The minimum atomic E-state index is -4.33. The van der Waals surface area contributed by atoms with Gasteiger partial charge in [0.25, 0.3) is 0 Å². The van der Waals surface area contributed by atoms with E-state index in [0.717, 1.165) is 6.08 Å². The average molecular weight is 230 g/mol. The Labute approximate surface area is 89.6 Å². The van der Waals surface area contributed by atoms with Gasteiger partial charge >= 0.3 is 6.18 Å². The summed E-state index contributed by atoms with van der Waals surface area (Å²) < 4.78 is 37.0. The van der Waals surface area contributed by atoms with Crippen LogP contribution in [0.15, 0.2) is 30.3 Å². The second-order valence-electron chi connectivity index (χ2n) is 3.42. The maximum atomic E-state index is 12.3. The van der Waals surface area contributed by atoms with Gasteiger partial charge in [0, 0.05) is 5.56 Å². The van der Waals surface area contributed by atoms with Crippen LogP contribution in [0.3, 0.4) is 0 Å². The molecule has 6 heteroatoms. The molecule has 1 heterocycles. The first-order valence-electron chi connectivity index (χ1n) is 4.56. The van der Waals surface area contributed by atoms with Crippen molar-refractivity contribution >= 4 is 5.70 Å². The lowest BCUT2D eigenvalue weighted by Crippen LogP contribution is -2.41. The smallest absolute Gasteiger partial charge is 0.409 e. The van der Waals surface area contributed by atoms with E-state index in [9.17, 15) is 18.3 Å². The van der Waals surface area contributed by atoms with Gasteiger partial charge in [0.1, 0.15) is 11.8 Å². The molecule has 1 atom stereocenters. The van der Waals surface area contributed by atoms with Crippen LogP contribution in [0.25, 0.3) is 5.70 Å². The van der Waals surface area contributed by atoms with E-state index in [4.69, 9.17) is 0 Å². The van der Waals surface area contributed by atoms with Gasteiger partial charge in [-0.2, -0.15) is 13.2 Å². The van der Waals surface area contributed by atoms with Crippen molar-refractivity contribution in [3.05, 3.63) is 35.9 Å². The highest BCUT2D eigenvalue weighted by molar-refractivity contribution is 5.67. The third-order valence-corrected chi connectivity index (χ3v) is 2.21. The number of nitrogens with one attached hydrogen (secondary N) is 2. The number of benzene rings is 1. The van der Waals surface area contributed by atoms with E-state index >= 15 is 0 Å². The summed E-state index contributed by atoms with van der Waals surface area (Å²) in [5.41, 5.74) is 5.36. The summed E-state index contributed by atoms with van der Waals surface area (Å²) in [5.74, 6) is 0.00987. The molecule has 0 aromatic heterocycles. The predicted octanol–water partition coefficient (Wildman–Crippen LogP) is 1.77. The Kier molecular flexibility index (Phi) is 2.51. The first kappa shape index (κ1) is 10.8. The largest absolute Gasteiger partial charge is 0.508 e. The summed E-state index contributed by atoms with van der Waals surface area (Å²) in [7, 11) is 0. The zero-order valence-corrected chi connectivity index (χ0v) is 8.05. The molecular formula is C10H9F3N2O. The molecule has 1 aliphatic heterocycles. The van der Waals surface area contributed by atoms with E-state index < -0.39 is 12.2 Å². The van der Waals surface area contributed by atoms with Gasteiger partial charge in [0.2, 0.25) is 0 Å². The van der Waals surface area contributed by atoms with Crippen LogP contribution in [0.2, 0.25) is 0 Å². The fraction of sp³-hybridized carbons (Fsp3) is 0.200. The van der Waals surface area contributed by atoms with Crippen LogP contribution in [0.5, 0.6) is 5.75 Å². The van der Waals surface area contributed by atoms with E-state index in [2.05, 4.69) is 10.9 Å². The Morgan fingerprint density at radius 1 is 1.25 bits per heavy atom. The Bertz CT molecular complexity index is 428. The van der Waals surface area contributed by atoms with Crippen molar-refractivity contribution < 1.29 is 18.3 Å². The summed E-state index contributed by atoms with van der Waals surface area (Å²) in [6.45, 7) is 0. The van der Waals surface area contributed by atoms with Crippen LogP contribution in [0.4, 0.5) is 13.2 Å². The highest BCUT2D eigenvalue weighted by Gasteiger charge is 2.40. The fourth-order valence-electron chi connectivity index (χ4n) is 1.42. The Morgan fingerprint density at radius 2 is 2.00 bits per heavy atom. The van der Waals surface area contributed by atoms with Gasteiger partial charge in [-0.3, -0.25) is 0 Å². The number of rotatable bonds is 1. The molecular weight excluding hydrogens is 221 g/mol. The monoisotopic (exact) mass is 230 g/mol. The normalized spacial score (nSPS) is 20.4. The zero-order chi connectivity index (χ0) is 11.8. The molecule has 0 saturated heterocycles. The van der Waals surface area contributed by atoms with Gasteiger partial charge in [0.15, 0.2) is 0 Å². The Balaban J connectivity index is 2.25. The lowest BCUT2D eigenvalue weighted by molar-refractivity contribution is -0.144. The average Bonchev–Trinajstić information content (AvgIpc) is 2.65. The number of hydrazine groups is 1. The molecule has 0 spiro atoms. The molecule has 0 fully saturated rings. The predicted molar refractivity (Wildman–Crippen MR) is 52.2 cm³/mol. The highest BCUT2D eigenvalue weighted by atomic mass is 19.4. The number of phenols is 1. The summed E-state index contributed by atoms with van der Waals surface area (Å²) in [6, 6.07) is 4.31. The van der Waals surface area contributed by atoms with Gasteiger partial charge < -0.3 is 10.5 Å². The van der Waals surface area contributed by atoms with E-state index in [1.807, 2.05) is 0 Å². The van der Waals surface area contributed by atoms with Crippen LogP contribution in [0, 0.1) is 0 Å². The van der Waals surface area contributed by atoms with Gasteiger partial charge in [-0.25, -0.2) is 5.43 Å². The SMILES string of the molecule is Oc1cccc(C2=CC(C(F)(F)F)NN2)c1. The molecule has 1 unspecified atom stereocenters. The standard InChI is InChI=1S/C10H9F3N2O/c11-10(12,13)9-5-8(14-15-9)6-2-1-3-7(16)4-6/h1-5,9,14-16H. The van der Waals surface area contributed by atoms with E-state index in [1.165, 1.54) is 12.1 Å². The topological polar surface area (TPSA) is 44.3 Å². The summed E-state index contributed by atoms with van der Waals surface area (Å²) >= 11 is 0. The molecule has 3 N–H and O–H groups in total. The fourth-order valence-corrected chi connectivity index (χ4v) is 1.42. The van der Waals surface area contributed by atoms with Crippen LogP contribution in [-0.2, 0) is 0 Å². The van der Waals surface area contributed by atoms with Crippen molar-refractivity contribution in [2.24, 2.45) is 0 Å². The highest BCUT2D eigenvalue weighted by Crippen LogP contribution is 2.27. The minimum Gasteiger partial charge on any atom is -0.508 e. The number of hydrogen-bond donors (Lipinski definition) is 3. The van der Waals surface area contributed by atoms with E-state index in [0.29, 0.717) is 11.3 Å². The molecule has 0 saturated carbocycles. The quantitative estimate of drug-likeness (QED) is 0.689. The van der Waals surface area contributed by atoms with E-state index in [-0.39, 0.29) is 5.75 Å². The molecule has 0 radical (unpaired) electrons. The van der Waals surface area contributed by atoms with Crippen molar-refractivity contribution in [3.8, 4) is 5.75 Å². The van der Waals surface area contributed by atoms with Gasteiger partial charge in [-0.15, -0.1) is 0 Å². The van der Waals surface area contributed by atoms with Gasteiger partial charge in [-0.05, 0) is 18.2 Å². The van der Waals surface area contributed by atoms with Crippen LogP contribution >= 0.6 is 0 Å². The third-order valence-electron chi connectivity index (χ3n) is 2.21. The number of phenolic OH excluding ortho intramolecular Hbond substituents is 1. The molecule has 1 aliphatic rings. The second kappa shape index (κ2) is 3.71. The van der Waals surface area contributed by atoms with E-state index in [1.54, 1.807) is 12.1 Å². The molecule has 0 amide bonds. The molecule has 86 valence electrons. The van der Waals surface area contributed by atoms with Crippen molar-refractivity contribution in [3.63, 3.8) is 0 Å². The number of halogens is 3. The van der Waals surface area contributed by atoms with Gasteiger partial charge in [0.05, 0.1) is 5.70 Å². The van der Waals surface area contributed by atoms with Crippen molar-refractivity contribution in [1.29, 1.82) is 0 Å². The molecule has 3 nitrogen and oxygen atoms in total. The summed E-state index contributed by atoms with van der Waals surface area (Å²) in [5, 5.41) is 9.20. The Hall–Kier alpha value is -1.69. The maximum Gasteiger partial charge on any atom is 0.409 e. The molecule has 0 aliphatic carbocycles. The van der Waals surface area contributed by atoms with Crippen molar-refractivity contribution in [2.45, 2.75) is 12.2 Å². The molecule has 16 heavy (non-hydrogen) atoms. The number of aromatic hydroxyl groups is 1. The zero-order valence-electron chi connectivity index (χ0n) is 8.05. The number of hydrogen-bond acceptors (Lipinski definition) is 3. The summed E-state index contributed by atoms with van der Waals surface area (Å²) in [4.78, 5) is 0. The first-order valence-corrected chi connectivity index (χ1v) is 4.56. The van der Waals surface area contributed by atoms with Gasteiger partial charge in [-0.1, -0.05) is 12.1 Å². The lowest BCUT2D eigenvalue weighted by atomic mass is 10.1. The van der Waals surface area contributed by atoms with Crippen molar-refractivity contribution in [1.82, 2.24) is 10.9 Å². The minimum absolute atomic E-state index is 0.00987. The molecule has 0 bridgehead atoms. The maximum absolute atomic E-state index is 12.3. The Morgan fingerprint density at radius 3 is 2.56 bits per heavy atom. The van der Waals surface area contributed by atoms with Crippen molar-refractivity contribution in [2.75, 3.05) is 0 Å². The lowest BCUT2D eigenvalue weighted by Gasteiger charge is -2.12. The van der Waals surface area contributed by atoms with Crippen LogP contribution in [0.1, 0.15) is 5.56 Å². The molecule has 1 aromatic rings. The second-order valence-corrected chi connectivity index (χ2v) is 3.42. The van der Waals surface area contributed by atoms with Crippen LogP contribution < -0.4 is 10.9 Å². The first-order chi connectivity index (χ1) is 7.47.